The van der Waals surface area contributed by atoms with E-state index in [1.165, 1.54) is 11.1 Å². The van der Waals surface area contributed by atoms with E-state index in [-0.39, 0.29) is 5.91 Å². The summed E-state index contributed by atoms with van der Waals surface area (Å²) in [5.74, 6) is -0.133. The first kappa shape index (κ1) is 19.6. The lowest BCUT2D eigenvalue weighted by molar-refractivity contribution is -0.111. The number of hydrogen-bond acceptors (Lipinski definition) is 2. The van der Waals surface area contributed by atoms with Gasteiger partial charge in [-0.25, -0.2) is 0 Å². The van der Waals surface area contributed by atoms with Crippen LogP contribution >= 0.6 is 0 Å². The Morgan fingerprint density at radius 2 is 1.79 bits per heavy atom. The summed E-state index contributed by atoms with van der Waals surface area (Å²) in [6, 6.07) is 16.4. The highest BCUT2D eigenvalue weighted by molar-refractivity contribution is 6.02. The molecule has 2 aromatic carbocycles. The number of aromatic nitrogens is 2. The van der Waals surface area contributed by atoms with E-state index >= 15 is 0 Å². The van der Waals surface area contributed by atoms with Crippen LogP contribution in [0.25, 0.3) is 6.08 Å². The van der Waals surface area contributed by atoms with Gasteiger partial charge in [0.1, 0.15) is 0 Å². The lowest BCUT2D eigenvalue weighted by Crippen LogP contribution is -2.09. The van der Waals surface area contributed by atoms with Gasteiger partial charge in [0.2, 0.25) is 5.91 Å². The number of benzene rings is 2. The Morgan fingerprint density at radius 3 is 2.50 bits per heavy atom. The third kappa shape index (κ3) is 4.58. The van der Waals surface area contributed by atoms with Gasteiger partial charge in [-0.1, -0.05) is 55.0 Å². The van der Waals surface area contributed by atoms with Crippen LogP contribution in [0.2, 0.25) is 0 Å². The predicted octanol–water partition coefficient (Wildman–Crippen LogP) is 5.07. The molecule has 3 aromatic rings. The number of carbonyl (C=O) groups is 1. The summed E-state index contributed by atoms with van der Waals surface area (Å²) in [5, 5.41) is 7.62. The molecule has 0 saturated carbocycles. The van der Waals surface area contributed by atoms with Crippen LogP contribution in [0.1, 0.15) is 40.6 Å². The topological polar surface area (TPSA) is 46.9 Å². The summed E-state index contributed by atoms with van der Waals surface area (Å²) < 4.78 is 1.99. The minimum atomic E-state index is -0.133. The minimum absolute atomic E-state index is 0.133. The summed E-state index contributed by atoms with van der Waals surface area (Å²) in [4.78, 5) is 12.4. The second-order valence-electron chi connectivity index (χ2n) is 7.06. The van der Waals surface area contributed by atoms with Crippen molar-refractivity contribution in [1.29, 1.82) is 0 Å². The second-order valence-corrected chi connectivity index (χ2v) is 7.06. The number of anilines is 1. The molecule has 28 heavy (non-hydrogen) atoms. The average molecular weight is 374 g/mol. The van der Waals surface area contributed by atoms with Gasteiger partial charge in [0.25, 0.3) is 0 Å². The standard InChI is InChI=1S/C24H27N3O/c1-5-21-8-6-7-9-23(21)25-24(28)15-14-22-18(3)26-27(19(22)4)16-20-12-10-17(2)11-13-20/h6-15H,5,16H2,1-4H3,(H,25,28)/b15-14+. The van der Waals surface area contributed by atoms with Crippen molar-refractivity contribution in [3.63, 3.8) is 0 Å². The maximum Gasteiger partial charge on any atom is 0.248 e. The number of nitrogens with one attached hydrogen (secondary N) is 1. The molecule has 144 valence electrons. The van der Waals surface area contributed by atoms with E-state index < -0.39 is 0 Å². The van der Waals surface area contributed by atoms with Crippen LogP contribution in [0.4, 0.5) is 5.69 Å². The summed E-state index contributed by atoms with van der Waals surface area (Å²) >= 11 is 0. The fourth-order valence-electron chi connectivity index (χ4n) is 3.26. The lowest BCUT2D eigenvalue weighted by atomic mass is 10.1. The normalized spacial score (nSPS) is 11.1. The first-order chi connectivity index (χ1) is 13.5. The van der Waals surface area contributed by atoms with Crippen LogP contribution in [-0.2, 0) is 17.8 Å². The zero-order valence-electron chi connectivity index (χ0n) is 17.0. The third-order valence-electron chi connectivity index (χ3n) is 4.95. The zero-order chi connectivity index (χ0) is 20.1. The summed E-state index contributed by atoms with van der Waals surface area (Å²) in [7, 11) is 0. The molecule has 1 aromatic heterocycles. The maximum absolute atomic E-state index is 12.4. The molecule has 0 aliphatic heterocycles. The molecule has 0 aliphatic carbocycles. The monoisotopic (exact) mass is 373 g/mol. The summed E-state index contributed by atoms with van der Waals surface area (Å²) in [5.41, 5.74) is 7.41. The Kier molecular flexibility index (Phi) is 6.09. The minimum Gasteiger partial charge on any atom is -0.322 e. The van der Waals surface area contributed by atoms with Crippen molar-refractivity contribution in [2.45, 2.75) is 40.7 Å². The van der Waals surface area contributed by atoms with Gasteiger partial charge in [0.15, 0.2) is 0 Å². The van der Waals surface area contributed by atoms with E-state index in [0.29, 0.717) is 0 Å². The van der Waals surface area contributed by atoms with Crippen molar-refractivity contribution >= 4 is 17.7 Å². The predicted molar refractivity (Wildman–Crippen MR) is 115 cm³/mol. The van der Waals surface area contributed by atoms with Crippen LogP contribution in [0.5, 0.6) is 0 Å². The average Bonchev–Trinajstić information content (AvgIpc) is 2.95. The molecule has 4 nitrogen and oxygen atoms in total. The molecule has 4 heteroatoms. The van der Waals surface area contributed by atoms with Crippen molar-refractivity contribution in [2.75, 3.05) is 5.32 Å². The van der Waals surface area contributed by atoms with E-state index in [2.05, 4.69) is 48.5 Å². The summed E-state index contributed by atoms with van der Waals surface area (Å²) in [6.07, 6.45) is 4.32. The van der Waals surface area contributed by atoms with Gasteiger partial charge in [-0.15, -0.1) is 0 Å². The second kappa shape index (κ2) is 8.70. The van der Waals surface area contributed by atoms with Crippen LogP contribution in [0.3, 0.4) is 0 Å². The van der Waals surface area contributed by atoms with Gasteiger partial charge in [-0.05, 0) is 50.5 Å². The van der Waals surface area contributed by atoms with Gasteiger partial charge < -0.3 is 5.32 Å². The highest BCUT2D eigenvalue weighted by atomic mass is 16.1. The van der Waals surface area contributed by atoms with Crippen molar-refractivity contribution in [3.8, 4) is 0 Å². The number of aryl methyl sites for hydroxylation is 3. The number of nitrogens with zero attached hydrogens (tertiary/aromatic N) is 2. The Bertz CT molecular complexity index is 997. The van der Waals surface area contributed by atoms with Gasteiger partial charge in [0, 0.05) is 23.0 Å². The molecule has 1 heterocycles. The first-order valence-corrected chi connectivity index (χ1v) is 9.64. The Morgan fingerprint density at radius 1 is 1.07 bits per heavy atom. The van der Waals surface area contributed by atoms with Gasteiger partial charge >= 0.3 is 0 Å². The fraction of sp³-hybridized carbons (Fsp3) is 0.250. The van der Waals surface area contributed by atoms with E-state index in [1.54, 1.807) is 6.08 Å². The summed E-state index contributed by atoms with van der Waals surface area (Å²) in [6.45, 7) is 8.90. The van der Waals surface area contributed by atoms with Crippen molar-refractivity contribution in [2.24, 2.45) is 0 Å². The lowest BCUT2D eigenvalue weighted by Gasteiger charge is -2.07. The molecular formula is C24H27N3O. The Labute approximate surface area is 166 Å². The van der Waals surface area contributed by atoms with E-state index in [4.69, 9.17) is 0 Å². The van der Waals surface area contributed by atoms with Crippen molar-refractivity contribution in [3.05, 3.63) is 88.2 Å². The molecule has 0 aliphatic rings. The highest BCUT2D eigenvalue weighted by Gasteiger charge is 2.10. The third-order valence-corrected chi connectivity index (χ3v) is 4.95. The van der Waals surface area contributed by atoms with Crippen molar-refractivity contribution in [1.82, 2.24) is 9.78 Å². The first-order valence-electron chi connectivity index (χ1n) is 9.64. The quantitative estimate of drug-likeness (QED) is 0.613. The molecule has 0 saturated heterocycles. The molecule has 0 bridgehead atoms. The smallest absolute Gasteiger partial charge is 0.248 e. The van der Waals surface area contributed by atoms with Crippen LogP contribution in [0.15, 0.2) is 54.6 Å². The number of amides is 1. The van der Waals surface area contributed by atoms with Gasteiger partial charge in [0.05, 0.1) is 12.2 Å². The Balaban J connectivity index is 1.74. The number of rotatable bonds is 6. The van der Waals surface area contributed by atoms with E-state index in [0.717, 1.165) is 41.2 Å². The van der Waals surface area contributed by atoms with Crippen LogP contribution in [0, 0.1) is 20.8 Å². The van der Waals surface area contributed by atoms with E-state index in [9.17, 15) is 4.79 Å². The number of hydrogen-bond donors (Lipinski definition) is 1. The largest absolute Gasteiger partial charge is 0.322 e. The fourth-order valence-corrected chi connectivity index (χ4v) is 3.26. The zero-order valence-corrected chi connectivity index (χ0v) is 17.0. The number of carbonyl (C=O) groups excluding carboxylic acids is 1. The molecule has 0 fully saturated rings. The van der Waals surface area contributed by atoms with Crippen molar-refractivity contribution < 1.29 is 4.79 Å². The molecule has 0 unspecified atom stereocenters. The highest BCUT2D eigenvalue weighted by Crippen LogP contribution is 2.18. The Hall–Kier alpha value is -3.14. The van der Waals surface area contributed by atoms with Gasteiger partial charge in [-0.2, -0.15) is 5.10 Å². The number of para-hydroxylation sites is 1. The van der Waals surface area contributed by atoms with E-state index in [1.807, 2.05) is 48.9 Å². The van der Waals surface area contributed by atoms with Crippen LogP contribution in [-0.4, -0.2) is 15.7 Å². The molecule has 3 rings (SSSR count). The molecule has 1 N–H and O–H groups in total. The van der Waals surface area contributed by atoms with Gasteiger partial charge in [-0.3, -0.25) is 9.48 Å². The molecule has 0 spiro atoms. The maximum atomic E-state index is 12.4. The van der Waals surface area contributed by atoms with Crippen LogP contribution < -0.4 is 5.32 Å². The molecule has 0 atom stereocenters. The molecular weight excluding hydrogens is 346 g/mol. The molecule has 0 radical (unpaired) electrons. The molecule has 1 amide bonds. The SMILES string of the molecule is CCc1ccccc1NC(=O)/C=C/c1c(C)nn(Cc2ccc(C)cc2)c1C.